The predicted molar refractivity (Wildman–Crippen MR) is 224 cm³/mol. The molecule has 4 aromatic rings. The van der Waals surface area contributed by atoms with Crippen molar-refractivity contribution >= 4 is 34.6 Å². The van der Waals surface area contributed by atoms with E-state index in [4.69, 9.17) is 42.1 Å². The molecule has 324 valence electrons. The second-order valence-electron chi connectivity index (χ2n) is 15.4. The third-order valence-electron chi connectivity index (χ3n) is 11.5. The van der Waals surface area contributed by atoms with Gasteiger partial charge in [-0.3, -0.25) is 0 Å². The number of nitrogens with zero attached hydrogens (tertiary/aromatic N) is 1. The molecule has 4 heterocycles. The Morgan fingerprint density at radius 3 is 1.67 bits per heavy atom. The Balaban J connectivity index is 0.000000182. The molecule has 10 atom stereocenters. The summed E-state index contributed by atoms with van der Waals surface area (Å²) in [6, 6.07) is 22.5. The van der Waals surface area contributed by atoms with Crippen LogP contribution in [-0.4, -0.2) is 136 Å². The number of benzene rings is 4. The highest BCUT2D eigenvalue weighted by molar-refractivity contribution is 6.31. The fraction of sp³-hybridized carbons (Fsp3) is 0.455. The van der Waals surface area contributed by atoms with E-state index in [1.807, 2.05) is 42.5 Å². The van der Waals surface area contributed by atoms with E-state index in [1.165, 1.54) is 0 Å². The quantitative estimate of drug-likeness (QED) is 0.118. The normalized spacial score (nSPS) is 28.6. The van der Waals surface area contributed by atoms with Crippen LogP contribution in [0, 0.1) is 0 Å². The van der Waals surface area contributed by atoms with E-state index >= 15 is 0 Å². The summed E-state index contributed by atoms with van der Waals surface area (Å²) in [5.41, 5.74) is 7.01. The first-order valence-corrected chi connectivity index (χ1v) is 20.8. The molecule has 2 fully saturated rings. The lowest BCUT2D eigenvalue weighted by molar-refractivity contribution is -0.231. The van der Waals surface area contributed by atoms with E-state index in [0.717, 1.165) is 64.8 Å². The minimum Gasteiger partial charge on any atom is -0.490 e. The van der Waals surface area contributed by atoms with E-state index in [2.05, 4.69) is 23.2 Å². The van der Waals surface area contributed by atoms with Gasteiger partial charge in [0, 0.05) is 23.1 Å². The predicted octanol–water partition coefficient (Wildman–Crippen LogP) is 2.91. The van der Waals surface area contributed by atoms with Gasteiger partial charge in [-0.2, -0.15) is 0 Å². The Kier molecular flexibility index (Phi) is 14.4. The largest absolute Gasteiger partial charge is 0.490 e. The number of fused-ring (bicyclic) bond motifs is 2. The Bertz CT molecular complexity index is 2090. The maximum Gasteiger partial charge on any atom is 0.142 e. The summed E-state index contributed by atoms with van der Waals surface area (Å²) in [5.74, 6) is 1.69. The third-order valence-corrected chi connectivity index (χ3v) is 12.2. The molecule has 4 aliphatic heterocycles. The van der Waals surface area contributed by atoms with E-state index in [1.54, 1.807) is 24.3 Å². The highest BCUT2D eigenvalue weighted by Crippen LogP contribution is 2.38. The number of aliphatic hydroxyl groups is 8. The number of hydrogen-bond acceptors (Lipinski definition) is 14. The van der Waals surface area contributed by atoms with Gasteiger partial charge in [-0.05, 0) is 89.5 Å². The molecule has 0 bridgehead atoms. The van der Waals surface area contributed by atoms with E-state index in [0.29, 0.717) is 47.2 Å². The molecule has 4 aliphatic rings. The number of hydrogen-bond donors (Lipinski definition) is 9. The molecule has 0 spiro atoms. The van der Waals surface area contributed by atoms with Crippen molar-refractivity contribution in [2.45, 2.75) is 80.8 Å². The number of likely N-dealkylation sites (N-methyl/N-ethyl adjacent to an activating group) is 1. The van der Waals surface area contributed by atoms with Crippen LogP contribution in [0.3, 0.4) is 0 Å². The molecule has 16 heteroatoms. The highest BCUT2D eigenvalue weighted by atomic mass is 35.5. The van der Waals surface area contributed by atoms with Gasteiger partial charge in [-0.15, -0.1) is 0 Å². The molecule has 0 radical (unpaired) electrons. The molecule has 0 aromatic heterocycles. The first-order valence-electron chi connectivity index (χ1n) is 20.1. The summed E-state index contributed by atoms with van der Waals surface area (Å²) in [6.07, 6.45) is -10.8. The summed E-state index contributed by atoms with van der Waals surface area (Å²) in [5, 5.41) is 84.3. The monoisotopic (exact) mass is 870 g/mol. The number of anilines is 2. The molecule has 0 amide bonds. The summed E-state index contributed by atoms with van der Waals surface area (Å²) in [7, 11) is 0. The van der Waals surface area contributed by atoms with Gasteiger partial charge < -0.3 is 70.0 Å². The number of rotatable bonds is 9. The summed E-state index contributed by atoms with van der Waals surface area (Å²) < 4.78 is 22.7. The van der Waals surface area contributed by atoms with Crippen molar-refractivity contribution in [3.63, 3.8) is 0 Å². The molecule has 60 heavy (non-hydrogen) atoms. The van der Waals surface area contributed by atoms with Gasteiger partial charge in [0.15, 0.2) is 0 Å². The standard InChI is InChI=1S/C23H28ClNO6.C21H24ClNO6/c1-2-25-7-8-30-18-6-3-13(10-17(18)25)9-15-11-14(4-5-16(15)24)23-22(29)21(28)20(27)19(12-26)31-23;22-14-3-2-12(21-20(27)19(26)18(25)17(10-24)29-21)9-13(14)7-11-1-4-16-15(8-11)23-5-6-28-16/h3-6,10-11,19-23,26-29H,2,7-9,12H2,1H3;1-4,8-9,17-21,23-27H,5-7,10H2/t19-,20-,21+,22-,23+;17-,18-,19+,20-,21+/m11/s1. The van der Waals surface area contributed by atoms with E-state index in [9.17, 15) is 40.9 Å². The number of nitrogens with one attached hydrogen (secondary N) is 1. The smallest absolute Gasteiger partial charge is 0.142 e. The summed E-state index contributed by atoms with van der Waals surface area (Å²) in [6.45, 7) is 4.99. The van der Waals surface area contributed by atoms with E-state index < -0.39 is 74.3 Å². The molecule has 8 rings (SSSR count). The molecule has 2 saturated heterocycles. The Morgan fingerprint density at radius 1 is 0.617 bits per heavy atom. The minimum absolute atomic E-state index is 0.465. The Labute approximate surface area is 358 Å². The van der Waals surface area contributed by atoms with Crippen LogP contribution in [0.25, 0.3) is 0 Å². The van der Waals surface area contributed by atoms with Crippen molar-refractivity contribution in [1.29, 1.82) is 0 Å². The number of ether oxygens (including phenoxy) is 4. The van der Waals surface area contributed by atoms with Crippen molar-refractivity contribution in [2.75, 3.05) is 56.3 Å². The molecule has 0 unspecified atom stereocenters. The zero-order chi connectivity index (χ0) is 42.7. The topological polar surface area (TPSA) is 214 Å². The van der Waals surface area contributed by atoms with Crippen molar-refractivity contribution < 1.29 is 59.8 Å². The molecule has 4 aromatic carbocycles. The van der Waals surface area contributed by atoms with Crippen LogP contribution >= 0.6 is 23.2 Å². The fourth-order valence-corrected chi connectivity index (χ4v) is 8.43. The lowest BCUT2D eigenvalue weighted by Crippen LogP contribution is -2.55. The summed E-state index contributed by atoms with van der Waals surface area (Å²) in [4.78, 5) is 2.27. The van der Waals surface area contributed by atoms with Crippen molar-refractivity contribution in [3.05, 3.63) is 116 Å². The molecule has 0 saturated carbocycles. The maximum atomic E-state index is 10.4. The number of aliphatic hydroxyl groups excluding tert-OH is 8. The van der Waals surface area contributed by atoms with Crippen LogP contribution in [0.1, 0.15) is 52.5 Å². The minimum atomic E-state index is -1.42. The maximum absolute atomic E-state index is 10.4. The zero-order valence-corrected chi connectivity index (χ0v) is 34.5. The first-order chi connectivity index (χ1) is 28.9. The van der Waals surface area contributed by atoms with Crippen molar-refractivity contribution in [2.24, 2.45) is 0 Å². The van der Waals surface area contributed by atoms with Gasteiger partial charge in [-0.1, -0.05) is 59.6 Å². The van der Waals surface area contributed by atoms with Gasteiger partial charge in [0.05, 0.1) is 31.1 Å². The van der Waals surface area contributed by atoms with Crippen LogP contribution in [0.5, 0.6) is 11.5 Å². The zero-order valence-electron chi connectivity index (χ0n) is 33.0. The lowest BCUT2D eigenvalue weighted by Gasteiger charge is -2.40. The second-order valence-corrected chi connectivity index (χ2v) is 16.2. The van der Waals surface area contributed by atoms with Gasteiger partial charge in [0.25, 0.3) is 0 Å². The fourth-order valence-electron chi connectivity index (χ4n) is 8.06. The first kappa shape index (κ1) is 44.3. The second kappa shape index (κ2) is 19.5. The van der Waals surface area contributed by atoms with Gasteiger partial charge in [-0.25, -0.2) is 0 Å². The Hall–Kier alpha value is -3.74. The average molecular weight is 872 g/mol. The van der Waals surface area contributed by atoms with Crippen LogP contribution < -0.4 is 19.7 Å². The van der Waals surface area contributed by atoms with E-state index in [-0.39, 0.29) is 0 Å². The molecular weight excluding hydrogens is 819 g/mol. The van der Waals surface area contributed by atoms with Crippen LogP contribution in [0.2, 0.25) is 10.0 Å². The van der Waals surface area contributed by atoms with Gasteiger partial charge in [0.1, 0.15) is 85.8 Å². The third kappa shape index (κ3) is 9.50. The van der Waals surface area contributed by atoms with Crippen LogP contribution in [0.15, 0.2) is 72.8 Å². The summed E-state index contributed by atoms with van der Waals surface area (Å²) >= 11 is 12.9. The van der Waals surface area contributed by atoms with Gasteiger partial charge >= 0.3 is 0 Å². The highest BCUT2D eigenvalue weighted by Gasteiger charge is 2.45. The Morgan fingerprint density at radius 2 is 1.13 bits per heavy atom. The van der Waals surface area contributed by atoms with Gasteiger partial charge in [0.2, 0.25) is 0 Å². The number of halogens is 2. The van der Waals surface area contributed by atoms with Crippen LogP contribution in [-0.2, 0) is 22.3 Å². The molecular formula is C44H52Cl2N2O12. The van der Waals surface area contributed by atoms with Crippen LogP contribution in [0.4, 0.5) is 11.4 Å². The van der Waals surface area contributed by atoms with Crippen molar-refractivity contribution in [3.8, 4) is 11.5 Å². The lowest BCUT2D eigenvalue weighted by atomic mass is 9.90. The molecule has 14 nitrogen and oxygen atoms in total. The van der Waals surface area contributed by atoms with Crippen molar-refractivity contribution in [1.82, 2.24) is 0 Å². The average Bonchev–Trinajstić information content (AvgIpc) is 3.26. The molecule has 9 N–H and O–H groups in total. The SMILES string of the molecule is CCN1CCOc2ccc(Cc3cc([C@@H]4O[C@H](CO)[C@@H](O)[C@H](O)[C@H]4O)ccc3Cl)cc21.OC[C@H]1O[C@@H](c2ccc(Cl)c(Cc3ccc4c(c3)NCCO4)c2)[C@H](O)[C@@H](O)[C@@H]1O. The molecule has 0 aliphatic carbocycles.